The third-order valence-electron chi connectivity index (χ3n) is 2.65. The van der Waals surface area contributed by atoms with Gasteiger partial charge >= 0.3 is 5.97 Å². The maximum atomic E-state index is 11.4. The van der Waals surface area contributed by atoms with E-state index in [9.17, 15) is 9.59 Å². The molecule has 3 N–H and O–H groups in total. The summed E-state index contributed by atoms with van der Waals surface area (Å²) in [6.45, 7) is 0.133. The molecule has 1 aromatic carbocycles. The zero-order valence-electron chi connectivity index (χ0n) is 9.02. The number of carbonyl (C=O) groups is 1. The van der Waals surface area contributed by atoms with Crippen LogP contribution in [0.2, 0.25) is 0 Å². The van der Waals surface area contributed by atoms with Crippen molar-refractivity contribution < 1.29 is 19.4 Å². The maximum Gasteiger partial charge on any atom is 0.343 e. The second kappa shape index (κ2) is 3.66. The van der Waals surface area contributed by atoms with Crippen LogP contribution in [-0.2, 0) is 0 Å². The highest BCUT2D eigenvalue weighted by Crippen LogP contribution is 2.35. The molecule has 0 atom stereocenters. The number of rotatable bonds is 2. The van der Waals surface area contributed by atoms with Crippen molar-refractivity contribution in [3.05, 3.63) is 34.1 Å². The van der Waals surface area contributed by atoms with Crippen LogP contribution >= 0.6 is 0 Å². The largest absolute Gasteiger partial charge is 0.477 e. The van der Waals surface area contributed by atoms with Crippen LogP contribution in [0.15, 0.2) is 23.0 Å². The first-order valence-electron chi connectivity index (χ1n) is 5.11. The minimum absolute atomic E-state index is 0.133. The molecular formula is C11H8N2O5. The predicted molar refractivity (Wildman–Crippen MR) is 59.9 cm³/mol. The summed E-state index contributed by atoms with van der Waals surface area (Å²) < 4.78 is 10.3. The molecule has 7 nitrogen and oxygen atoms in total. The monoisotopic (exact) mass is 248 g/mol. The van der Waals surface area contributed by atoms with Gasteiger partial charge in [0.1, 0.15) is 0 Å². The summed E-state index contributed by atoms with van der Waals surface area (Å²) in [6.07, 6.45) is 0. The smallest absolute Gasteiger partial charge is 0.343 e. The van der Waals surface area contributed by atoms with Crippen LogP contribution in [0, 0.1) is 0 Å². The van der Waals surface area contributed by atoms with Crippen LogP contribution in [0.4, 0.5) is 0 Å². The predicted octanol–water partition coefficient (Wildman–Crippen LogP) is 0.797. The van der Waals surface area contributed by atoms with Gasteiger partial charge in [0.2, 0.25) is 6.79 Å². The van der Waals surface area contributed by atoms with E-state index in [4.69, 9.17) is 14.6 Å². The number of fused-ring (bicyclic) bond motifs is 1. The Bertz CT molecular complexity index is 685. The quantitative estimate of drug-likeness (QED) is 0.729. The number of H-pyrrole nitrogens is 2. The second-order valence-electron chi connectivity index (χ2n) is 3.70. The fourth-order valence-corrected chi connectivity index (χ4v) is 1.83. The number of nitrogens with one attached hydrogen (secondary N) is 2. The van der Waals surface area contributed by atoms with Gasteiger partial charge in [0.25, 0.3) is 5.56 Å². The van der Waals surface area contributed by atoms with Gasteiger partial charge in [-0.1, -0.05) is 0 Å². The summed E-state index contributed by atoms with van der Waals surface area (Å²) in [4.78, 5) is 22.4. The normalized spacial score (nSPS) is 12.7. The van der Waals surface area contributed by atoms with Crippen LogP contribution in [0.25, 0.3) is 11.3 Å². The number of hydrogen-bond acceptors (Lipinski definition) is 4. The Labute approximate surface area is 100.0 Å². The minimum Gasteiger partial charge on any atom is -0.477 e. The maximum absolute atomic E-state index is 11.4. The van der Waals surface area contributed by atoms with Crippen LogP contribution in [0.3, 0.4) is 0 Å². The number of aromatic nitrogens is 2. The first-order valence-corrected chi connectivity index (χ1v) is 5.11. The number of carboxylic acid groups (broad SMARTS) is 1. The van der Waals surface area contributed by atoms with Crippen LogP contribution in [0.1, 0.15) is 10.4 Å². The third-order valence-corrected chi connectivity index (χ3v) is 2.65. The van der Waals surface area contributed by atoms with Crippen molar-refractivity contribution in [2.75, 3.05) is 6.79 Å². The molecule has 3 rings (SSSR count). The van der Waals surface area contributed by atoms with Crippen LogP contribution in [0.5, 0.6) is 11.5 Å². The third kappa shape index (κ3) is 1.45. The van der Waals surface area contributed by atoms with Crippen LogP contribution < -0.4 is 15.0 Å². The molecule has 2 aromatic rings. The van der Waals surface area contributed by atoms with E-state index in [1.807, 2.05) is 0 Å². The Morgan fingerprint density at radius 1 is 1.22 bits per heavy atom. The molecule has 0 fully saturated rings. The lowest BCUT2D eigenvalue weighted by atomic mass is 10.1. The van der Waals surface area contributed by atoms with Crippen LogP contribution in [-0.4, -0.2) is 28.1 Å². The molecule has 1 aliphatic rings. The lowest BCUT2D eigenvalue weighted by molar-refractivity contribution is 0.0696. The average Bonchev–Trinajstić information content (AvgIpc) is 2.93. The summed E-state index contributed by atoms with van der Waals surface area (Å²) >= 11 is 0. The Kier molecular flexibility index (Phi) is 2.12. The van der Waals surface area contributed by atoms with Gasteiger partial charge in [-0.2, -0.15) is 0 Å². The Morgan fingerprint density at radius 3 is 2.78 bits per heavy atom. The number of hydrogen-bond donors (Lipinski definition) is 3. The fourth-order valence-electron chi connectivity index (χ4n) is 1.83. The van der Waals surface area contributed by atoms with E-state index < -0.39 is 11.5 Å². The molecule has 0 spiro atoms. The molecule has 0 unspecified atom stereocenters. The van der Waals surface area contributed by atoms with Gasteiger partial charge in [-0.15, -0.1) is 0 Å². The first kappa shape index (κ1) is 10.5. The van der Waals surface area contributed by atoms with Crippen molar-refractivity contribution in [2.24, 2.45) is 0 Å². The molecular weight excluding hydrogens is 240 g/mol. The number of aromatic amines is 2. The topological polar surface area (TPSA) is 104 Å². The first-order chi connectivity index (χ1) is 8.66. The number of benzene rings is 1. The molecule has 1 aliphatic heterocycles. The Balaban J connectivity index is 2.16. The average molecular weight is 248 g/mol. The molecule has 0 saturated heterocycles. The lowest BCUT2D eigenvalue weighted by Crippen LogP contribution is -2.12. The van der Waals surface area contributed by atoms with E-state index in [0.29, 0.717) is 17.1 Å². The summed E-state index contributed by atoms with van der Waals surface area (Å²) in [5.74, 6) is -0.176. The molecule has 0 radical (unpaired) electrons. The van der Waals surface area contributed by atoms with Crippen molar-refractivity contribution in [1.82, 2.24) is 10.2 Å². The van der Waals surface area contributed by atoms with Gasteiger partial charge in [-0.3, -0.25) is 15.0 Å². The van der Waals surface area contributed by atoms with Gasteiger partial charge in [0, 0.05) is 5.56 Å². The molecule has 0 saturated carbocycles. The highest BCUT2D eigenvalue weighted by molar-refractivity contribution is 5.94. The summed E-state index contributed by atoms with van der Waals surface area (Å²) in [7, 11) is 0. The van der Waals surface area contributed by atoms with E-state index in [1.54, 1.807) is 18.2 Å². The van der Waals surface area contributed by atoms with Gasteiger partial charge in [0.05, 0.1) is 5.69 Å². The van der Waals surface area contributed by atoms with Crippen molar-refractivity contribution in [2.45, 2.75) is 0 Å². The second-order valence-corrected chi connectivity index (χ2v) is 3.70. The van der Waals surface area contributed by atoms with Crippen molar-refractivity contribution in [1.29, 1.82) is 0 Å². The molecule has 0 aliphatic carbocycles. The minimum atomic E-state index is -1.29. The van der Waals surface area contributed by atoms with Gasteiger partial charge in [-0.05, 0) is 18.2 Å². The Morgan fingerprint density at radius 2 is 2.00 bits per heavy atom. The van der Waals surface area contributed by atoms with Crippen molar-refractivity contribution >= 4 is 5.97 Å². The van der Waals surface area contributed by atoms with Crippen molar-refractivity contribution in [3.63, 3.8) is 0 Å². The van der Waals surface area contributed by atoms with E-state index in [0.717, 1.165) is 0 Å². The number of carboxylic acids is 1. The summed E-state index contributed by atoms with van der Waals surface area (Å²) in [5, 5.41) is 13.8. The fraction of sp³-hybridized carbons (Fsp3) is 0.0909. The van der Waals surface area contributed by atoms with E-state index in [1.165, 1.54) is 0 Å². The standard InChI is InChI=1S/C11H8N2O5/c14-10-8(11(15)16)9(12-13-10)5-1-2-6-7(3-5)18-4-17-6/h1-3H,4H2,(H,15,16)(H2,12,13,14). The van der Waals surface area contributed by atoms with E-state index in [-0.39, 0.29) is 18.1 Å². The zero-order valence-corrected chi connectivity index (χ0v) is 9.02. The summed E-state index contributed by atoms with van der Waals surface area (Å²) in [5.41, 5.74) is -0.246. The zero-order chi connectivity index (χ0) is 12.7. The highest BCUT2D eigenvalue weighted by Gasteiger charge is 2.21. The SMILES string of the molecule is O=C(O)c1c(-c2ccc3c(c2)OCO3)[nH][nH]c1=O. The molecule has 1 aromatic heterocycles. The molecule has 18 heavy (non-hydrogen) atoms. The molecule has 0 bridgehead atoms. The van der Waals surface area contributed by atoms with Gasteiger partial charge in [0.15, 0.2) is 17.1 Å². The highest BCUT2D eigenvalue weighted by atomic mass is 16.7. The molecule has 7 heteroatoms. The number of ether oxygens (including phenoxy) is 2. The Hall–Kier alpha value is -2.70. The molecule has 0 amide bonds. The number of aromatic carboxylic acids is 1. The molecule has 92 valence electrons. The van der Waals surface area contributed by atoms with Crippen molar-refractivity contribution in [3.8, 4) is 22.8 Å². The molecule has 2 heterocycles. The van der Waals surface area contributed by atoms with Gasteiger partial charge < -0.3 is 14.6 Å². The summed E-state index contributed by atoms with van der Waals surface area (Å²) in [6, 6.07) is 4.93. The van der Waals surface area contributed by atoms with E-state index >= 15 is 0 Å². The van der Waals surface area contributed by atoms with Gasteiger partial charge in [-0.25, -0.2) is 4.79 Å². The van der Waals surface area contributed by atoms with E-state index in [2.05, 4.69) is 10.2 Å². The lowest BCUT2D eigenvalue weighted by Gasteiger charge is -2.01.